The van der Waals surface area contributed by atoms with E-state index in [0.29, 0.717) is 43.0 Å². The lowest BCUT2D eigenvalue weighted by Crippen LogP contribution is -2.47. The second-order valence-electron chi connectivity index (χ2n) is 7.92. The van der Waals surface area contributed by atoms with Crippen molar-refractivity contribution >= 4 is 29.2 Å². The fourth-order valence-corrected chi connectivity index (χ4v) is 3.63. The van der Waals surface area contributed by atoms with Crippen LogP contribution < -0.4 is 16.4 Å². The van der Waals surface area contributed by atoms with Crippen LogP contribution in [0.5, 0.6) is 0 Å². The summed E-state index contributed by atoms with van der Waals surface area (Å²) >= 11 is 0. The molecule has 3 rings (SSSR count). The van der Waals surface area contributed by atoms with Crippen LogP contribution in [0.1, 0.15) is 28.8 Å². The number of rotatable bonds is 6. The Morgan fingerprint density at radius 2 is 1.84 bits per heavy atom. The number of nitrogens with zero attached hydrogens (tertiary/aromatic N) is 2. The van der Waals surface area contributed by atoms with E-state index >= 15 is 0 Å². The van der Waals surface area contributed by atoms with Gasteiger partial charge in [0.05, 0.1) is 17.3 Å². The van der Waals surface area contributed by atoms with Gasteiger partial charge >= 0.3 is 6.03 Å². The van der Waals surface area contributed by atoms with E-state index in [9.17, 15) is 14.4 Å². The predicted octanol–water partition coefficient (Wildman–Crippen LogP) is 2.73. The summed E-state index contributed by atoms with van der Waals surface area (Å²) in [5.41, 5.74) is 8.02. The van der Waals surface area contributed by atoms with Gasteiger partial charge in [0, 0.05) is 39.3 Å². The Morgan fingerprint density at radius 3 is 2.52 bits per heavy atom. The number of nitrogens with two attached hydrogens (primary N) is 1. The summed E-state index contributed by atoms with van der Waals surface area (Å²) in [4.78, 5) is 40.1. The Morgan fingerprint density at radius 1 is 1.10 bits per heavy atom. The molecule has 8 nitrogen and oxygen atoms in total. The Labute approximate surface area is 182 Å². The summed E-state index contributed by atoms with van der Waals surface area (Å²) in [5.74, 6) is -1.07. The summed E-state index contributed by atoms with van der Waals surface area (Å²) in [5, 5.41) is 6.25. The lowest BCUT2D eigenvalue weighted by atomic mass is 9.97. The Kier molecular flexibility index (Phi) is 7.12. The van der Waals surface area contributed by atoms with Crippen molar-refractivity contribution in [2.24, 2.45) is 11.7 Å². The number of carbonyl (C=O) groups excluding carboxylic acids is 3. The minimum Gasteiger partial charge on any atom is -0.379 e. The van der Waals surface area contributed by atoms with E-state index in [0.717, 1.165) is 12.0 Å². The second kappa shape index (κ2) is 9.97. The van der Waals surface area contributed by atoms with Gasteiger partial charge in [0.1, 0.15) is 0 Å². The van der Waals surface area contributed by atoms with Crippen molar-refractivity contribution in [2.45, 2.75) is 19.4 Å². The van der Waals surface area contributed by atoms with Gasteiger partial charge < -0.3 is 26.2 Å². The second-order valence-corrected chi connectivity index (χ2v) is 7.92. The molecule has 1 saturated heterocycles. The van der Waals surface area contributed by atoms with Crippen LogP contribution in [0.2, 0.25) is 0 Å². The lowest BCUT2D eigenvalue weighted by molar-refractivity contribution is -0.121. The standard InChI is InChI=1S/C23H29N5O3/c1-27(2)23(31)28-12-6-9-18(15-28)22(30)26-20-13-17(21(24)29)10-11-19(20)25-14-16-7-4-3-5-8-16/h3-5,7-8,10-11,13,18,25H,6,9,12,14-15H2,1-2H3,(H2,24,29)(H,26,30). The highest BCUT2D eigenvalue weighted by Crippen LogP contribution is 2.26. The molecule has 2 aromatic carbocycles. The van der Waals surface area contributed by atoms with Crippen LogP contribution >= 0.6 is 0 Å². The number of primary amides is 1. The number of nitrogens with one attached hydrogen (secondary N) is 2. The average molecular weight is 424 g/mol. The maximum atomic E-state index is 13.0. The molecule has 1 aliphatic rings. The lowest BCUT2D eigenvalue weighted by Gasteiger charge is -2.33. The monoisotopic (exact) mass is 423 g/mol. The number of anilines is 2. The smallest absolute Gasteiger partial charge is 0.319 e. The van der Waals surface area contributed by atoms with Crippen molar-refractivity contribution < 1.29 is 14.4 Å². The molecule has 0 aliphatic carbocycles. The average Bonchev–Trinajstić information content (AvgIpc) is 2.78. The van der Waals surface area contributed by atoms with Gasteiger partial charge in [0.25, 0.3) is 0 Å². The molecule has 0 spiro atoms. The zero-order valence-electron chi connectivity index (χ0n) is 17.9. The summed E-state index contributed by atoms with van der Waals surface area (Å²) in [7, 11) is 3.40. The molecule has 31 heavy (non-hydrogen) atoms. The summed E-state index contributed by atoms with van der Waals surface area (Å²) in [6.07, 6.45) is 1.46. The molecule has 1 fully saturated rings. The molecular weight excluding hydrogens is 394 g/mol. The normalized spacial score (nSPS) is 15.8. The van der Waals surface area contributed by atoms with Crippen molar-refractivity contribution in [3.8, 4) is 0 Å². The Hall–Kier alpha value is -3.55. The zero-order valence-corrected chi connectivity index (χ0v) is 17.9. The van der Waals surface area contributed by atoms with Gasteiger partial charge in [0.2, 0.25) is 11.8 Å². The fraction of sp³-hybridized carbons (Fsp3) is 0.348. The van der Waals surface area contributed by atoms with Crippen LogP contribution in [0, 0.1) is 5.92 Å². The topological polar surface area (TPSA) is 108 Å². The van der Waals surface area contributed by atoms with E-state index in [1.807, 2.05) is 30.3 Å². The number of hydrogen-bond acceptors (Lipinski definition) is 4. The molecule has 0 aromatic heterocycles. The highest BCUT2D eigenvalue weighted by atomic mass is 16.2. The van der Waals surface area contributed by atoms with E-state index in [-0.39, 0.29) is 17.9 Å². The molecule has 0 radical (unpaired) electrons. The van der Waals surface area contributed by atoms with Gasteiger partial charge in [-0.2, -0.15) is 0 Å². The van der Waals surface area contributed by atoms with E-state index in [1.54, 1.807) is 37.2 Å². The number of hydrogen-bond donors (Lipinski definition) is 3. The molecule has 0 bridgehead atoms. The first-order chi connectivity index (χ1) is 14.8. The summed E-state index contributed by atoms with van der Waals surface area (Å²) in [6, 6.07) is 14.7. The highest BCUT2D eigenvalue weighted by Gasteiger charge is 2.29. The number of carbonyl (C=O) groups is 3. The van der Waals surface area contributed by atoms with Crippen LogP contribution in [-0.4, -0.2) is 54.8 Å². The zero-order chi connectivity index (χ0) is 22.4. The summed E-state index contributed by atoms with van der Waals surface area (Å²) in [6.45, 7) is 1.57. The first-order valence-corrected chi connectivity index (χ1v) is 10.3. The van der Waals surface area contributed by atoms with Gasteiger partial charge in [-0.25, -0.2) is 4.79 Å². The van der Waals surface area contributed by atoms with Gasteiger partial charge in [-0.05, 0) is 36.6 Å². The summed E-state index contributed by atoms with van der Waals surface area (Å²) < 4.78 is 0. The molecule has 4 amide bonds. The number of urea groups is 1. The van der Waals surface area contributed by atoms with Gasteiger partial charge in [0.15, 0.2) is 0 Å². The Balaban J connectivity index is 1.75. The third-order valence-electron chi connectivity index (χ3n) is 5.33. The molecule has 0 saturated carbocycles. The molecule has 8 heteroatoms. The third-order valence-corrected chi connectivity index (χ3v) is 5.33. The Bertz CT molecular complexity index is 945. The quantitative estimate of drug-likeness (QED) is 0.664. The van der Waals surface area contributed by atoms with Crippen LogP contribution in [0.25, 0.3) is 0 Å². The van der Waals surface area contributed by atoms with Crippen molar-refractivity contribution in [3.63, 3.8) is 0 Å². The van der Waals surface area contributed by atoms with E-state index in [1.165, 1.54) is 4.90 Å². The van der Waals surface area contributed by atoms with Crippen molar-refractivity contribution in [1.82, 2.24) is 9.80 Å². The van der Waals surface area contributed by atoms with E-state index in [4.69, 9.17) is 5.73 Å². The van der Waals surface area contributed by atoms with Crippen molar-refractivity contribution in [3.05, 3.63) is 59.7 Å². The fourth-order valence-electron chi connectivity index (χ4n) is 3.63. The number of amides is 4. The molecule has 1 atom stereocenters. The van der Waals surface area contributed by atoms with Crippen molar-refractivity contribution in [2.75, 3.05) is 37.8 Å². The maximum absolute atomic E-state index is 13.0. The van der Waals surface area contributed by atoms with Crippen LogP contribution in [0.15, 0.2) is 48.5 Å². The van der Waals surface area contributed by atoms with Crippen LogP contribution in [0.4, 0.5) is 16.2 Å². The minimum absolute atomic E-state index is 0.0987. The van der Waals surface area contributed by atoms with Crippen molar-refractivity contribution in [1.29, 1.82) is 0 Å². The minimum atomic E-state index is -0.564. The molecular formula is C23H29N5O3. The largest absolute Gasteiger partial charge is 0.379 e. The van der Waals surface area contributed by atoms with Crippen LogP contribution in [0.3, 0.4) is 0 Å². The SMILES string of the molecule is CN(C)C(=O)N1CCCC(C(=O)Nc2cc(C(N)=O)ccc2NCc2ccccc2)C1. The van der Waals surface area contributed by atoms with Gasteiger partial charge in [-0.3, -0.25) is 9.59 Å². The molecule has 1 unspecified atom stereocenters. The van der Waals surface area contributed by atoms with Gasteiger partial charge in [-0.15, -0.1) is 0 Å². The molecule has 4 N–H and O–H groups in total. The highest BCUT2D eigenvalue weighted by molar-refractivity contribution is 6.00. The number of likely N-dealkylation sites (tertiary alicyclic amines) is 1. The first kappa shape index (κ1) is 22.1. The van der Waals surface area contributed by atoms with E-state index in [2.05, 4.69) is 10.6 Å². The number of benzene rings is 2. The molecule has 164 valence electrons. The molecule has 2 aromatic rings. The first-order valence-electron chi connectivity index (χ1n) is 10.3. The number of piperidine rings is 1. The molecule has 1 heterocycles. The van der Waals surface area contributed by atoms with Crippen LogP contribution in [-0.2, 0) is 11.3 Å². The van der Waals surface area contributed by atoms with Gasteiger partial charge in [-0.1, -0.05) is 30.3 Å². The molecule has 1 aliphatic heterocycles. The maximum Gasteiger partial charge on any atom is 0.319 e. The van der Waals surface area contributed by atoms with E-state index < -0.39 is 5.91 Å². The third kappa shape index (κ3) is 5.75. The predicted molar refractivity (Wildman–Crippen MR) is 121 cm³/mol.